The molecule has 6 heteroatoms. The average molecular weight is 376 g/mol. The van der Waals surface area contributed by atoms with Gasteiger partial charge in [-0.3, -0.25) is 0 Å². The van der Waals surface area contributed by atoms with Crippen molar-refractivity contribution < 1.29 is 4.52 Å². The fourth-order valence-corrected chi connectivity index (χ4v) is 2.30. The molecule has 2 N–H and O–H groups in total. The Morgan fingerprint density at radius 2 is 2.22 bits per heavy atom. The Hall–Kier alpha value is -0.660. The minimum absolute atomic E-state index is 0.109. The van der Waals surface area contributed by atoms with E-state index in [-0.39, 0.29) is 6.04 Å². The fraction of sp³-hybridized carbons (Fsp3) is 0.333. The van der Waals surface area contributed by atoms with Crippen LogP contribution in [0.4, 0.5) is 0 Å². The van der Waals surface area contributed by atoms with Crippen molar-refractivity contribution in [2.45, 2.75) is 18.9 Å². The molecule has 2 aromatic rings. The molecule has 18 heavy (non-hydrogen) atoms. The molecule has 1 atom stereocenters. The van der Waals surface area contributed by atoms with E-state index in [0.29, 0.717) is 22.7 Å². The third-order valence-corrected chi connectivity index (χ3v) is 4.61. The Kier molecular flexibility index (Phi) is 3.29. The summed E-state index contributed by atoms with van der Waals surface area (Å²) < 4.78 is 6.24. The van der Waals surface area contributed by atoms with Gasteiger partial charge in [0.05, 0.1) is 11.1 Å². The van der Waals surface area contributed by atoms with Crippen molar-refractivity contribution in [2.24, 2.45) is 11.7 Å². The molecule has 1 aromatic heterocycles. The predicted octanol–water partition coefficient (Wildman–Crippen LogP) is 3.40. The molecule has 0 spiro atoms. The predicted molar refractivity (Wildman–Crippen MR) is 77.1 cm³/mol. The number of hydrogen-bond acceptors (Lipinski definition) is 4. The van der Waals surface area contributed by atoms with Gasteiger partial charge in [-0.25, -0.2) is 0 Å². The minimum Gasteiger partial charge on any atom is -0.334 e. The molecule has 1 aliphatic carbocycles. The second-order valence-corrected chi connectivity index (χ2v) is 6.02. The molecule has 1 unspecified atom stereocenters. The van der Waals surface area contributed by atoms with Crippen molar-refractivity contribution in [3.05, 3.63) is 32.6 Å². The Labute approximate surface area is 123 Å². The van der Waals surface area contributed by atoms with Crippen LogP contribution in [0.1, 0.15) is 24.7 Å². The molecule has 0 amide bonds. The molecule has 1 fully saturated rings. The molecular weight excluding hydrogens is 365 g/mol. The summed E-state index contributed by atoms with van der Waals surface area (Å²) in [4.78, 5) is 4.35. The summed E-state index contributed by atoms with van der Waals surface area (Å²) in [6.45, 7) is 0. The van der Waals surface area contributed by atoms with E-state index >= 15 is 0 Å². The summed E-state index contributed by atoms with van der Waals surface area (Å²) in [7, 11) is 0. The zero-order valence-electron chi connectivity index (χ0n) is 9.44. The summed E-state index contributed by atoms with van der Waals surface area (Å²) in [5, 5.41) is 4.63. The molecule has 1 aliphatic rings. The summed E-state index contributed by atoms with van der Waals surface area (Å²) in [6.07, 6.45) is 2.31. The zero-order chi connectivity index (χ0) is 12.7. The van der Waals surface area contributed by atoms with Crippen LogP contribution in [0.15, 0.2) is 22.7 Å². The second kappa shape index (κ2) is 4.79. The smallest absolute Gasteiger partial charge is 0.258 e. The van der Waals surface area contributed by atoms with E-state index in [4.69, 9.17) is 21.9 Å². The SMILES string of the molecule is NC(c1noc(-c2ccc(I)c(Cl)c2)n1)C1CC1. The van der Waals surface area contributed by atoms with Crippen molar-refractivity contribution in [1.82, 2.24) is 10.1 Å². The summed E-state index contributed by atoms with van der Waals surface area (Å²) in [5.41, 5.74) is 6.85. The first-order chi connectivity index (χ1) is 8.65. The first-order valence-electron chi connectivity index (χ1n) is 5.70. The maximum atomic E-state index is 6.07. The highest BCUT2D eigenvalue weighted by atomic mass is 127. The minimum atomic E-state index is -0.109. The van der Waals surface area contributed by atoms with Crippen LogP contribution in [0.25, 0.3) is 11.5 Å². The van der Waals surface area contributed by atoms with E-state index in [2.05, 4.69) is 32.7 Å². The maximum Gasteiger partial charge on any atom is 0.258 e. The van der Waals surface area contributed by atoms with Crippen LogP contribution >= 0.6 is 34.2 Å². The van der Waals surface area contributed by atoms with Gasteiger partial charge in [-0.1, -0.05) is 16.8 Å². The van der Waals surface area contributed by atoms with E-state index < -0.39 is 0 Å². The van der Waals surface area contributed by atoms with Crippen molar-refractivity contribution in [3.8, 4) is 11.5 Å². The van der Waals surface area contributed by atoms with Crippen LogP contribution in [0.3, 0.4) is 0 Å². The number of halogens is 2. The summed E-state index contributed by atoms with van der Waals surface area (Å²) in [6, 6.07) is 5.54. The lowest BCUT2D eigenvalue weighted by atomic mass is 10.2. The topological polar surface area (TPSA) is 64.9 Å². The lowest BCUT2D eigenvalue weighted by Gasteiger charge is -2.02. The van der Waals surface area contributed by atoms with Crippen LogP contribution in [0, 0.1) is 9.49 Å². The molecule has 0 radical (unpaired) electrons. The van der Waals surface area contributed by atoms with Crippen molar-refractivity contribution in [1.29, 1.82) is 0 Å². The van der Waals surface area contributed by atoms with E-state index in [0.717, 1.165) is 22.0 Å². The Morgan fingerprint density at radius 1 is 1.44 bits per heavy atom. The number of aromatic nitrogens is 2. The number of rotatable bonds is 3. The van der Waals surface area contributed by atoms with E-state index in [1.807, 2.05) is 18.2 Å². The molecule has 3 rings (SSSR count). The molecular formula is C12H11ClIN3O. The van der Waals surface area contributed by atoms with E-state index in [1.165, 1.54) is 0 Å². The van der Waals surface area contributed by atoms with Gasteiger partial charge in [0.1, 0.15) is 0 Å². The molecule has 0 bridgehead atoms. The highest BCUT2D eigenvalue weighted by Gasteiger charge is 2.32. The molecule has 1 heterocycles. The van der Waals surface area contributed by atoms with Gasteiger partial charge in [0.25, 0.3) is 5.89 Å². The van der Waals surface area contributed by atoms with Gasteiger partial charge in [-0.15, -0.1) is 0 Å². The first kappa shape index (κ1) is 12.4. The fourth-order valence-electron chi connectivity index (χ4n) is 1.78. The second-order valence-electron chi connectivity index (χ2n) is 4.45. The van der Waals surface area contributed by atoms with Crippen LogP contribution in [-0.2, 0) is 0 Å². The standard InChI is InChI=1S/C12H11ClIN3O/c13-8-5-7(3-4-9(8)14)12-16-11(17-18-12)10(15)6-1-2-6/h3-6,10H,1-2,15H2. The summed E-state index contributed by atoms with van der Waals surface area (Å²) in [5.74, 6) is 1.57. The Morgan fingerprint density at radius 3 is 2.89 bits per heavy atom. The maximum absolute atomic E-state index is 6.07. The monoisotopic (exact) mass is 375 g/mol. The number of benzene rings is 1. The van der Waals surface area contributed by atoms with Crippen LogP contribution in [0.5, 0.6) is 0 Å². The first-order valence-corrected chi connectivity index (χ1v) is 7.15. The van der Waals surface area contributed by atoms with Gasteiger partial charge >= 0.3 is 0 Å². The van der Waals surface area contributed by atoms with Gasteiger partial charge in [-0.05, 0) is 59.5 Å². The number of nitrogens with zero attached hydrogens (tertiary/aromatic N) is 2. The van der Waals surface area contributed by atoms with E-state index in [9.17, 15) is 0 Å². The summed E-state index contributed by atoms with van der Waals surface area (Å²) >= 11 is 8.25. The Bertz CT molecular complexity index is 582. The highest BCUT2D eigenvalue weighted by molar-refractivity contribution is 14.1. The third-order valence-electron chi connectivity index (χ3n) is 3.04. The largest absolute Gasteiger partial charge is 0.334 e. The molecule has 1 aromatic carbocycles. The lowest BCUT2D eigenvalue weighted by Crippen LogP contribution is -2.13. The molecule has 94 valence electrons. The van der Waals surface area contributed by atoms with Crippen LogP contribution < -0.4 is 5.73 Å². The van der Waals surface area contributed by atoms with Gasteiger partial charge < -0.3 is 10.3 Å². The lowest BCUT2D eigenvalue weighted by molar-refractivity contribution is 0.411. The Balaban J connectivity index is 1.89. The van der Waals surface area contributed by atoms with Gasteiger partial charge in [0.2, 0.25) is 0 Å². The quantitative estimate of drug-likeness (QED) is 0.835. The zero-order valence-corrected chi connectivity index (χ0v) is 12.4. The average Bonchev–Trinajstić information content (AvgIpc) is 3.09. The van der Waals surface area contributed by atoms with Gasteiger partial charge in [0.15, 0.2) is 5.82 Å². The molecule has 0 saturated heterocycles. The van der Waals surface area contributed by atoms with Gasteiger partial charge in [-0.2, -0.15) is 4.98 Å². The number of hydrogen-bond donors (Lipinski definition) is 1. The van der Waals surface area contributed by atoms with Crippen LogP contribution in [0.2, 0.25) is 5.02 Å². The van der Waals surface area contributed by atoms with Gasteiger partial charge in [0, 0.05) is 9.13 Å². The molecule has 1 saturated carbocycles. The highest BCUT2D eigenvalue weighted by Crippen LogP contribution is 2.38. The number of nitrogens with two attached hydrogens (primary N) is 1. The molecule has 0 aliphatic heterocycles. The molecule has 4 nitrogen and oxygen atoms in total. The normalized spacial score (nSPS) is 16.8. The van der Waals surface area contributed by atoms with E-state index in [1.54, 1.807) is 0 Å². The third kappa shape index (κ3) is 2.39. The van der Waals surface area contributed by atoms with Crippen molar-refractivity contribution in [3.63, 3.8) is 0 Å². The van der Waals surface area contributed by atoms with Crippen molar-refractivity contribution in [2.75, 3.05) is 0 Å². The van der Waals surface area contributed by atoms with Crippen LogP contribution in [-0.4, -0.2) is 10.1 Å². The van der Waals surface area contributed by atoms with Crippen molar-refractivity contribution >= 4 is 34.2 Å².